The largest absolute Gasteiger partial charge is 0.496 e. The number of halogens is 1. The third-order valence-corrected chi connectivity index (χ3v) is 2.84. The number of imidazole rings is 1. The first-order valence-corrected chi connectivity index (χ1v) is 5.54. The van der Waals surface area contributed by atoms with E-state index in [2.05, 4.69) is 20.9 Å². The summed E-state index contributed by atoms with van der Waals surface area (Å²) >= 11 is 3.43. The van der Waals surface area contributed by atoms with Gasteiger partial charge in [-0.15, -0.1) is 0 Å². The van der Waals surface area contributed by atoms with Gasteiger partial charge >= 0.3 is 0 Å². The van der Waals surface area contributed by atoms with Crippen molar-refractivity contribution in [1.29, 1.82) is 0 Å². The number of ether oxygens (including phenoxy) is 1. The number of nitrogen functional groups attached to an aromatic ring is 1. The summed E-state index contributed by atoms with van der Waals surface area (Å²) in [7, 11) is 3.50. The molecule has 0 aliphatic heterocycles. The Morgan fingerprint density at radius 1 is 1.44 bits per heavy atom. The van der Waals surface area contributed by atoms with E-state index in [1.54, 1.807) is 11.7 Å². The van der Waals surface area contributed by atoms with Gasteiger partial charge in [0.05, 0.1) is 12.8 Å². The van der Waals surface area contributed by atoms with Crippen LogP contribution >= 0.6 is 15.9 Å². The first kappa shape index (κ1) is 11.0. The monoisotopic (exact) mass is 281 g/mol. The summed E-state index contributed by atoms with van der Waals surface area (Å²) < 4.78 is 8.05. The van der Waals surface area contributed by atoms with Crippen molar-refractivity contribution in [2.24, 2.45) is 7.05 Å². The van der Waals surface area contributed by atoms with Crippen LogP contribution in [0.3, 0.4) is 0 Å². The SMILES string of the molecule is COc1ccc(Br)cc1-c1cn(C)c(N)n1. The van der Waals surface area contributed by atoms with Crippen molar-refractivity contribution >= 4 is 21.9 Å². The number of nitrogens with two attached hydrogens (primary N) is 1. The minimum Gasteiger partial charge on any atom is -0.496 e. The molecular weight excluding hydrogens is 270 g/mol. The Balaban J connectivity index is 2.57. The van der Waals surface area contributed by atoms with Crippen molar-refractivity contribution in [1.82, 2.24) is 9.55 Å². The highest BCUT2D eigenvalue weighted by atomic mass is 79.9. The highest BCUT2D eigenvalue weighted by Gasteiger charge is 2.10. The maximum Gasteiger partial charge on any atom is 0.200 e. The molecule has 4 nitrogen and oxygen atoms in total. The Hall–Kier alpha value is -1.49. The summed E-state index contributed by atoms with van der Waals surface area (Å²) in [6.45, 7) is 0. The third kappa shape index (κ3) is 1.90. The molecule has 2 N–H and O–H groups in total. The fourth-order valence-electron chi connectivity index (χ4n) is 1.49. The summed E-state index contributed by atoms with van der Waals surface area (Å²) in [5, 5.41) is 0. The van der Waals surface area contributed by atoms with E-state index in [4.69, 9.17) is 10.5 Å². The zero-order chi connectivity index (χ0) is 11.7. The Morgan fingerprint density at radius 3 is 2.75 bits per heavy atom. The number of methoxy groups -OCH3 is 1. The molecule has 84 valence electrons. The number of rotatable bonds is 2. The van der Waals surface area contributed by atoms with E-state index < -0.39 is 0 Å². The van der Waals surface area contributed by atoms with E-state index in [1.165, 1.54) is 0 Å². The Kier molecular flexibility index (Phi) is 2.87. The molecule has 1 aromatic heterocycles. The number of anilines is 1. The molecule has 16 heavy (non-hydrogen) atoms. The van der Waals surface area contributed by atoms with Crippen LogP contribution in [-0.2, 0) is 7.05 Å². The second-order valence-electron chi connectivity index (χ2n) is 3.44. The zero-order valence-corrected chi connectivity index (χ0v) is 10.7. The van der Waals surface area contributed by atoms with Crippen LogP contribution in [0.5, 0.6) is 5.75 Å². The fraction of sp³-hybridized carbons (Fsp3) is 0.182. The van der Waals surface area contributed by atoms with Crippen LogP contribution in [0.1, 0.15) is 0 Å². The minimum atomic E-state index is 0.483. The predicted molar refractivity (Wildman–Crippen MR) is 67.3 cm³/mol. The van der Waals surface area contributed by atoms with Gasteiger partial charge in [0.2, 0.25) is 0 Å². The lowest BCUT2D eigenvalue weighted by Crippen LogP contribution is -1.94. The minimum absolute atomic E-state index is 0.483. The van der Waals surface area contributed by atoms with E-state index in [0.29, 0.717) is 5.95 Å². The maximum absolute atomic E-state index is 5.71. The van der Waals surface area contributed by atoms with Crippen molar-refractivity contribution in [2.75, 3.05) is 12.8 Å². The van der Waals surface area contributed by atoms with Gasteiger partial charge in [0.25, 0.3) is 0 Å². The van der Waals surface area contributed by atoms with Gasteiger partial charge in [-0.25, -0.2) is 4.98 Å². The third-order valence-electron chi connectivity index (χ3n) is 2.35. The molecule has 0 radical (unpaired) electrons. The molecular formula is C11H12BrN3O. The van der Waals surface area contributed by atoms with Crippen molar-refractivity contribution in [3.63, 3.8) is 0 Å². The first-order chi connectivity index (χ1) is 7.61. The number of aryl methyl sites for hydroxylation is 1. The second-order valence-corrected chi connectivity index (χ2v) is 4.36. The van der Waals surface area contributed by atoms with E-state index in [9.17, 15) is 0 Å². The fourth-order valence-corrected chi connectivity index (χ4v) is 1.85. The molecule has 0 unspecified atom stereocenters. The smallest absolute Gasteiger partial charge is 0.200 e. The summed E-state index contributed by atoms with van der Waals surface area (Å²) in [5.74, 6) is 1.26. The van der Waals surface area contributed by atoms with Crippen LogP contribution in [0.2, 0.25) is 0 Å². The zero-order valence-electron chi connectivity index (χ0n) is 9.07. The molecule has 2 rings (SSSR count). The number of hydrogen-bond donors (Lipinski definition) is 1. The molecule has 5 heteroatoms. The van der Waals surface area contributed by atoms with E-state index in [0.717, 1.165) is 21.5 Å². The number of nitrogens with zero attached hydrogens (tertiary/aromatic N) is 2. The van der Waals surface area contributed by atoms with Gasteiger partial charge in [-0.2, -0.15) is 0 Å². The van der Waals surface area contributed by atoms with Crippen molar-refractivity contribution in [3.05, 3.63) is 28.9 Å². The lowest BCUT2D eigenvalue weighted by atomic mass is 10.1. The lowest BCUT2D eigenvalue weighted by molar-refractivity contribution is 0.416. The molecule has 0 spiro atoms. The Labute approximate surface area is 102 Å². The standard InChI is InChI=1S/C11H12BrN3O/c1-15-6-9(14-11(15)13)8-5-7(12)3-4-10(8)16-2/h3-6H,1-2H3,(H2,13,14). The lowest BCUT2D eigenvalue weighted by Gasteiger charge is -2.06. The van der Waals surface area contributed by atoms with Gasteiger partial charge in [-0.1, -0.05) is 15.9 Å². The molecule has 0 saturated heterocycles. The summed E-state index contributed by atoms with van der Waals surface area (Å²) in [4.78, 5) is 4.27. The molecule has 0 amide bonds. The van der Waals surface area contributed by atoms with Gasteiger partial charge < -0.3 is 15.0 Å². The molecule has 0 bridgehead atoms. The molecule has 0 atom stereocenters. The molecule has 0 aliphatic carbocycles. The first-order valence-electron chi connectivity index (χ1n) is 4.74. The van der Waals surface area contributed by atoms with Crippen LogP contribution < -0.4 is 10.5 Å². The van der Waals surface area contributed by atoms with Crippen molar-refractivity contribution in [3.8, 4) is 17.0 Å². The van der Waals surface area contributed by atoms with Gasteiger partial charge in [-0.05, 0) is 18.2 Å². The van der Waals surface area contributed by atoms with E-state index >= 15 is 0 Å². The maximum atomic E-state index is 5.71. The normalized spacial score (nSPS) is 10.4. The van der Waals surface area contributed by atoms with Crippen LogP contribution in [0.15, 0.2) is 28.9 Å². The molecule has 1 heterocycles. The highest BCUT2D eigenvalue weighted by molar-refractivity contribution is 9.10. The summed E-state index contributed by atoms with van der Waals surface area (Å²) in [6.07, 6.45) is 1.87. The predicted octanol–water partition coefficient (Wildman–Crippen LogP) is 2.44. The van der Waals surface area contributed by atoms with E-state index in [-0.39, 0.29) is 0 Å². The molecule has 2 aromatic rings. The molecule has 0 saturated carbocycles. The second kappa shape index (κ2) is 4.17. The van der Waals surface area contributed by atoms with Crippen molar-refractivity contribution < 1.29 is 4.74 Å². The van der Waals surface area contributed by atoms with Gasteiger partial charge in [0.15, 0.2) is 5.95 Å². The van der Waals surface area contributed by atoms with Gasteiger partial charge in [-0.3, -0.25) is 0 Å². The quantitative estimate of drug-likeness (QED) is 0.920. The topological polar surface area (TPSA) is 53.1 Å². The van der Waals surface area contributed by atoms with Crippen LogP contribution in [0, 0.1) is 0 Å². The van der Waals surface area contributed by atoms with Crippen LogP contribution in [0.25, 0.3) is 11.3 Å². The Bertz CT molecular complexity index is 502. The van der Waals surface area contributed by atoms with E-state index in [1.807, 2.05) is 31.4 Å². The number of hydrogen-bond acceptors (Lipinski definition) is 3. The Morgan fingerprint density at radius 2 is 2.19 bits per heavy atom. The highest BCUT2D eigenvalue weighted by Crippen LogP contribution is 2.32. The van der Waals surface area contributed by atoms with Crippen LogP contribution in [-0.4, -0.2) is 16.7 Å². The molecule has 0 aliphatic rings. The molecule has 0 fully saturated rings. The van der Waals surface area contributed by atoms with Crippen LogP contribution in [0.4, 0.5) is 5.95 Å². The van der Waals surface area contributed by atoms with Crippen molar-refractivity contribution in [2.45, 2.75) is 0 Å². The summed E-state index contributed by atoms with van der Waals surface area (Å²) in [6, 6.07) is 5.78. The van der Waals surface area contributed by atoms with Gasteiger partial charge in [0.1, 0.15) is 5.75 Å². The average Bonchev–Trinajstić information content (AvgIpc) is 2.59. The van der Waals surface area contributed by atoms with Gasteiger partial charge in [0, 0.05) is 23.3 Å². The average molecular weight is 282 g/mol. The number of aromatic nitrogens is 2. The summed E-state index contributed by atoms with van der Waals surface area (Å²) in [5.41, 5.74) is 7.43. The number of benzene rings is 1. The molecule has 1 aromatic carbocycles.